The number of halogens is 1. The summed E-state index contributed by atoms with van der Waals surface area (Å²) in [5.41, 5.74) is 1.74. The maximum absolute atomic E-state index is 13.4. The highest BCUT2D eigenvalue weighted by atomic mass is 35.5. The van der Waals surface area contributed by atoms with E-state index in [1.807, 2.05) is 31.9 Å². The lowest BCUT2D eigenvalue weighted by Crippen LogP contribution is -2.14. The molecule has 0 saturated carbocycles. The van der Waals surface area contributed by atoms with Crippen LogP contribution in [0.1, 0.15) is 29.8 Å². The fourth-order valence-corrected chi connectivity index (χ4v) is 4.42. The van der Waals surface area contributed by atoms with Gasteiger partial charge >= 0.3 is 0 Å². The maximum atomic E-state index is 13.4. The van der Waals surface area contributed by atoms with Gasteiger partial charge in [0.2, 0.25) is 0 Å². The number of aryl methyl sites for hydroxylation is 1. The molecule has 5 nitrogen and oxygen atoms in total. The number of hydrogen-bond acceptors (Lipinski definition) is 3. The monoisotopic (exact) mass is 405 g/mol. The van der Waals surface area contributed by atoms with Crippen LogP contribution in [-0.4, -0.2) is 40.7 Å². The summed E-state index contributed by atoms with van der Waals surface area (Å²) in [6.07, 6.45) is 1.70. The average molecular weight is 406 g/mol. The van der Waals surface area contributed by atoms with Crippen LogP contribution in [0, 0.1) is 6.92 Å². The summed E-state index contributed by atoms with van der Waals surface area (Å²) in [5, 5.41) is 0.375. The first-order valence-electron chi connectivity index (χ1n) is 8.69. The smallest absolute Gasteiger partial charge is 0.285 e. The molecule has 1 unspecified atom stereocenters. The normalized spacial score (nSPS) is 13.4. The van der Waals surface area contributed by atoms with Crippen molar-refractivity contribution < 1.29 is 9.00 Å². The van der Waals surface area contributed by atoms with E-state index in [2.05, 4.69) is 9.36 Å². The van der Waals surface area contributed by atoms with Crippen LogP contribution in [0.5, 0.6) is 0 Å². The average Bonchev–Trinajstić information content (AvgIpc) is 2.68. The zero-order valence-electron chi connectivity index (χ0n) is 16.0. The predicted molar refractivity (Wildman–Crippen MR) is 113 cm³/mol. The maximum Gasteiger partial charge on any atom is 0.285 e. The fourth-order valence-electron chi connectivity index (χ4n) is 2.37. The van der Waals surface area contributed by atoms with E-state index in [1.165, 1.54) is 0 Å². The molecule has 0 radical (unpaired) electrons. The zero-order valence-corrected chi connectivity index (χ0v) is 17.5. The van der Waals surface area contributed by atoms with Crippen molar-refractivity contribution in [3.05, 3.63) is 58.6 Å². The van der Waals surface area contributed by atoms with Crippen molar-refractivity contribution in [3.63, 3.8) is 0 Å². The lowest BCUT2D eigenvalue weighted by molar-refractivity contribution is 0.100. The molecule has 0 spiro atoms. The Hall–Kier alpha value is -2.18. The molecule has 1 atom stereocenters. The molecule has 2 aromatic rings. The molecule has 0 aromatic heterocycles. The van der Waals surface area contributed by atoms with E-state index in [9.17, 15) is 9.00 Å². The molecular weight excluding hydrogens is 382 g/mol. The van der Waals surface area contributed by atoms with Crippen LogP contribution in [0.25, 0.3) is 0 Å². The third-order valence-corrected chi connectivity index (χ3v) is 6.80. The molecule has 0 heterocycles. The van der Waals surface area contributed by atoms with Gasteiger partial charge < -0.3 is 4.90 Å². The van der Waals surface area contributed by atoms with E-state index in [0.29, 0.717) is 21.2 Å². The Bertz CT molecular complexity index is 965. The number of nitrogens with zero attached hydrogens (tertiary/aromatic N) is 3. The van der Waals surface area contributed by atoms with E-state index < -0.39 is 15.6 Å². The summed E-state index contributed by atoms with van der Waals surface area (Å²) in [6, 6.07) is 12.0. The summed E-state index contributed by atoms with van der Waals surface area (Å²) in [7, 11) is -1.02. The molecule has 0 bridgehead atoms. The van der Waals surface area contributed by atoms with Gasteiger partial charge in [-0.3, -0.25) is 4.79 Å². The van der Waals surface area contributed by atoms with Crippen molar-refractivity contribution in [3.8, 4) is 0 Å². The zero-order chi connectivity index (χ0) is 20.0. The molecule has 1 amide bonds. The molecule has 2 rings (SSSR count). The van der Waals surface area contributed by atoms with Gasteiger partial charge in [0.1, 0.15) is 0 Å². The van der Waals surface area contributed by atoms with Crippen molar-refractivity contribution in [2.45, 2.75) is 25.7 Å². The highest BCUT2D eigenvalue weighted by Crippen LogP contribution is 2.32. The first-order valence-corrected chi connectivity index (χ1v) is 10.8. The molecular formula is C20H24ClN3O2S. The van der Waals surface area contributed by atoms with Crippen molar-refractivity contribution in [1.82, 2.24) is 4.90 Å². The number of rotatable bonds is 6. The summed E-state index contributed by atoms with van der Waals surface area (Å²) in [5.74, 6) is -0.283. The van der Waals surface area contributed by atoms with Gasteiger partial charge in [-0.25, -0.2) is 9.20 Å². The number of carbonyl (C=O) groups excluding carboxylic acids is 1. The Balaban J connectivity index is 2.49. The number of hydrogen-bond donors (Lipinski definition) is 0. The van der Waals surface area contributed by atoms with E-state index in [0.717, 1.165) is 12.1 Å². The lowest BCUT2D eigenvalue weighted by Gasteiger charge is -2.13. The Morgan fingerprint density at radius 2 is 1.89 bits per heavy atom. The van der Waals surface area contributed by atoms with Gasteiger partial charge in [-0.15, -0.1) is 0 Å². The number of benzene rings is 2. The summed E-state index contributed by atoms with van der Waals surface area (Å²) in [6.45, 7) is 6.41. The van der Waals surface area contributed by atoms with Crippen LogP contribution >= 0.6 is 11.6 Å². The van der Waals surface area contributed by atoms with Crippen LogP contribution in [-0.2, 0) is 9.73 Å². The molecule has 144 valence electrons. The van der Waals surface area contributed by atoms with Gasteiger partial charge in [-0.05, 0) is 43.7 Å². The van der Waals surface area contributed by atoms with E-state index in [1.54, 1.807) is 49.7 Å². The Morgan fingerprint density at radius 1 is 1.22 bits per heavy atom. The van der Waals surface area contributed by atoms with Crippen LogP contribution in [0.2, 0.25) is 5.02 Å². The molecule has 0 saturated heterocycles. The third kappa shape index (κ3) is 5.17. The Kier molecular flexibility index (Phi) is 7.16. The van der Waals surface area contributed by atoms with Crippen molar-refractivity contribution in [2.75, 3.05) is 19.3 Å². The van der Waals surface area contributed by atoms with Gasteiger partial charge in [-0.1, -0.05) is 36.7 Å². The molecule has 0 aliphatic carbocycles. The van der Waals surface area contributed by atoms with Crippen LogP contribution in [0.15, 0.2) is 56.7 Å². The van der Waals surface area contributed by atoms with Gasteiger partial charge in [0.15, 0.2) is 0 Å². The highest BCUT2D eigenvalue weighted by molar-refractivity contribution is 7.94. The second-order valence-corrected chi connectivity index (χ2v) is 8.97. The van der Waals surface area contributed by atoms with Crippen LogP contribution in [0.4, 0.5) is 5.69 Å². The van der Waals surface area contributed by atoms with Crippen LogP contribution < -0.4 is 0 Å². The highest BCUT2D eigenvalue weighted by Gasteiger charge is 2.18. The molecule has 27 heavy (non-hydrogen) atoms. The van der Waals surface area contributed by atoms with Crippen molar-refractivity contribution >= 4 is 39.3 Å². The van der Waals surface area contributed by atoms with Crippen molar-refractivity contribution in [2.24, 2.45) is 9.36 Å². The standard InChI is InChI=1S/C20H24ClN3O2S/c1-5-24(4)14-22-18-12-15(3)19(13-17(18)21)27(26,6-2)23-20(25)16-10-8-7-9-11-16/h7-14H,5-6H2,1-4H3/b22-14+. The topological polar surface area (TPSA) is 62.1 Å². The molecule has 7 heteroatoms. The van der Waals surface area contributed by atoms with Gasteiger partial charge in [-0.2, -0.15) is 4.36 Å². The minimum Gasteiger partial charge on any atom is -0.366 e. The summed E-state index contributed by atoms with van der Waals surface area (Å²) in [4.78, 5) is 19.2. The summed E-state index contributed by atoms with van der Waals surface area (Å²) >= 11 is 6.36. The van der Waals surface area contributed by atoms with Crippen LogP contribution in [0.3, 0.4) is 0 Å². The predicted octanol–water partition coefficient (Wildman–Crippen LogP) is 4.95. The van der Waals surface area contributed by atoms with E-state index in [-0.39, 0.29) is 5.75 Å². The van der Waals surface area contributed by atoms with Gasteiger partial charge in [0.25, 0.3) is 5.91 Å². The number of aliphatic imine (C=N–C) groups is 1. The molecule has 0 aliphatic heterocycles. The minimum atomic E-state index is -2.93. The largest absolute Gasteiger partial charge is 0.366 e. The van der Waals surface area contributed by atoms with E-state index >= 15 is 0 Å². The third-order valence-electron chi connectivity index (χ3n) is 4.12. The second kappa shape index (κ2) is 9.15. The van der Waals surface area contributed by atoms with Gasteiger partial charge in [0, 0.05) is 24.9 Å². The SMILES string of the molecule is CCN(C)/C=N/c1cc(C)c(S(=O)(CC)=NC(=O)c2ccccc2)cc1Cl. The quantitative estimate of drug-likeness (QED) is 0.504. The van der Waals surface area contributed by atoms with E-state index in [4.69, 9.17) is 11.6 Å². The lowest BCUT2D eigenvalue weighted by atomic mass is 10.2. The van der Waals surface area contributed by atoms with Gasteiger partial charge in [0.05, 0.1) is 31.7 Å². The molecule has 0 N–H and O–H groups in total. The molecule has 0 fully saturated rings. The number of amides is 1. The Morgan fingerprint density at radius 3 is 2.48 bits per heavy atom. The number of carbonyl (C=O) groups is 1. The molecule has 0 aliphatic rings. The Labute approximate surface area is 166 Å². The molecule has 2 aromatic carbocycles. The first-order chi connectivity index (χ1) is 12.8. The first kappa shape index (κ1) is 21.1. The second-order valence-electron chi connectivity index (χ2n) is 6.08. The minimum absolute atomic E-state index is 0.212. The summed E-state index contributed by atoms with van der Waals surface area (Å²) < 4.78 is 17.5. The fraction of sp³-hybridized carbons (Fsp3) is 0.300. The van der Waals surface area contributed by atoms with Crippen molar-refractivity contribution in [1.29, 1.82) is 0 Å².